The molecule has 230 valence electrons. The summed E-state index contributed by atoms with van der Waals surface area (Å²) in [6.45, 7) is 0. The van der Waals surface area contributed by atoms with Gasteiger partial charge in [0, 0.05) is 27.5 Å². The van der Waals surface area contributed by atoms with Crippen LogP contribution in [0.15, 0.2) is 182 Å². The maximum Gasteiger partial charge on any atom is 0.166 e. The van der Waals surface area contributed by atoms with Gasteiger partial charge in [-0.2, -0.15) is 0 Å². The number of para-hydroxylation sites is 2. The molecule has 49 heavy (non-hydrogen) atoms. The van der Waals surface area contributed by atoms with Crippen molar-refractivity contribution in [3.8, 4) is 62.1 Å². The Balaban J connectivity index is 1.48. The summed E-state index contributed by atoms with van der Waals surface area (Å²) in [5.74, 6) is 0.423. The largest absolute Gasteiger partial charge is 0.308 e. The molecule has 0 N–H and O–H groups in total. The minimum Gasteiger partial charge on any atom is -0.308 e. The highest BCUT2D eigenvalue weighted by Crippen LogP contribution is 2.38. The third kappa shape index (κ3) is 5.26. The van der Waals surface area contributed by atoms with Crippen molar-refractivity contribution in [3.05, 3.63) is 182 Å². The predicted molar refractivity (Wildman–Crippen MR) is 201 cm³/mol. The summed E-state index contributed by atoms with van der Waals surface area (Å²) in [6.07, 6.45) is 0. The molecule has 7 aromatic carbocycles. The van der Waals surface area contributed by atoms with Gasteiger partial charge in [0.2, 0.25) is 0 Å². The summed E-state index contributed by atoms with van der Waals surface area (Å²) >= 11 is 0. The van der Waals surface area contributed by atoms with Crippen LogP contribution in [0.5, 0.6) is 0 Å². The first-order valence-corrected chi connectivity index (χ1v) is 15.1. The molecule has 9 aromatic rings. The zero-order valence-corrected chi connectivity index (χ0v) is 25.3. The van der Waals surface area contributed by atoms with Crippen LogP contribution < -0.4 is 0 Å². The molecule has 2 heterocycles. The van der Waals surface area contributed by atoms with Crippen molar-refractivity contribution in [1.82, 2.24) is 19.5 Å². The van der Waals surface area contributed by atoms with Gasteiger partial charge in [-0.3, -0.25) is 0 Å². The van der Waals surface area contributed by atoms with E-state index in [0.717, 1.165) is 0 Å². The van der Waals surface area contributed by atoms with E-state index in [9.17, 15) is 4.11 Å². The molecule has 0 fully saturated rings. The Morgan fingerprint density at radius 1 is 0.408 bits per heavy atom. The average molecular weight is 644 g/mol. The molecule has 0 atom stereocenters. The third-order valence-corrected chi connectivity index (χ3v) is 7.88. The van der Waals surface area contributed by atoms with Crippen molar-refractivity contribution in [1.29, 1.82) is 0 Å². The highest BCUT2D eigenvalue weighted by molar-refractivity contribution is 6.09. The SMILES string of the molecule is [2H]c1c([2H])c([2H])c(-c2c([2H])c([2H])c([2H])c(-c3ccc(-c4nc(-c5ccccc5)nc(-c5ccccc5)n4)c(-n4c5c([2H])c([2H])c([2H])c([2H])c5c5c([2H])c([2H])c([2H])c([2H])c54)c3)c2[2H])c([2H])c1[2H]. The number of hydrogen-bond donors (Lipinski definition) is 0. The molecule has 0 saturated carbocycles. The van der Waals surface area contributed by atoms with E-state index in [-0.39, 0.29) is 61.7 Å². The Morgan fingerprint density at radius 3 is 1.53 bits per heavy atom. The number of fused-ring (bicyclic) bond motifs is 3. The van der Waals surface area contributed by atoms with E-state index in [1.807, 2.05) is 12.1 Å². The molecule has 2 aromatic heterocycles. The van der Waals surface area contributed by atoms with Crippen molar-refractivity contribution < 1.29 is 23.3 Å². The van der Waals surface area contributed by atoms with Gasteiger partial charge in [-0.1, -0.05) is 151 Å². The standard InChI is InChI=1S/C45H30N4/c1-4-15-31(16-5-1)34-21-14-22-35(29-34)36-27-28-39(42(30-36)49-40-25-12-10-23-37(40)38-24-11-13-26-41(38)49)45-47-43(32-17-6-2-7-18-32)46-44(48-45)33-19-8-3-9-20-33/h1-30H/i1D,4D,5D,10D,11D,12D,13D,14D,15D,16D,21D,22D,23D,24D,25D,26D,29D. The lowest BCUT2D eigenvalue weighted by Gasteiger charge is -2.17. The van der Waals surface area contributed by atoms with Gasteiger partial charge in [0.05, 0.1) is 40.0 Å². The van der Waals surface area contributed by atoms with Crippen molar-refractivity contribution >= 4 is 21.8 Å². The number of rotatable bonds is 6. The first-order valence-electron chi connectivity index (χ1n) is 23.6. The maximum absolute atomic E-state index is 9.49. The second kappa shape index (κ2) is 12.2. The number of nitrogens with zero attached hydrogens (tertiary/aromatic N) is 4. The minimum atomic E-state index is -0.748. The fourth-order valence-electron chi connectivity index (χ4n) is 5.64. The lowest BCUT2D eigenvalue weighted by molar-refractivity contribution is 1.06. The lowest BCUT2D eigenvalue weighted by Crippen LogP contribution is -2.04. The molecule has 0 unspecified atom stereocenters. The van der Waals surface area contributed by atoms with E-state index in [0.29, 0.717) is 11.1 Å². The molecule has 4 heteroatoms. The molecule has 0 saturated heterocycles. The minimum absolute atomic E-state index is 0.0133. The van der Waals surface area contributed by atoms with E-state index in [1.54, 1.807) is 48.5 Å². The smallest absolute Gasteiger partial charge is 0.166 e. The zero-order valence-electron chi connectivity index (χ0n) is 42.3. The van der Waals surface area contributed by atoms with E-state index in [1.165, 1.54) is 22.8 Å². The van der Waals surface area contributed by atoms with Crippen LogP contribution >= 0.6 is 0 Å². The average Bonchev–Trinajstić information content (AvgIpc) is 3.70. The van der Waals surface area contributed by atoms with Crippen molar-refractivity contribution in [2.75, 3.05) is 0 Å². The van der Waals surface area contributed by atoms with Crippen molar-refractivity contribution in [2.24, 2.45) is 0 Å². The first kappa shape index (κ1) is 16.0. The molecular weight excluding hydrogens is 597 g/mol. The highest BCUT2D eigenvalue weighted by Gasteiger charge is 2.20. The van der Waals surface area contributed by atoms with Crippen molar-refractivity contribution in [2.45, 2.75) is 0 Å². The molecule has 0 spiro atoms. The van der Waals surface area contributed by atoms with Crippen LogP contribution in [0.1, 0.15) is 23.3 Å². The van der Waals surface area contributed by atoms with Crippen LogP contribution in [-0.2, 0) is 0 Å². The third-order valence-electron chi connectivity index (χ3n) is 7.88. The molecule has 9 rings (SSSR count). The molecule has 4 nitrogen and oxygen atoms in total. The van der Waals surface area contributed by atoms with E-state index < -0.39 is 114 Å². The van der Waals surface area contributed by atoms with Gasteiger partial charge in [0.25, 0.3) is 0 Å². The monoisotopic (exact) mass is 643 g/mol. The fourth-order valence-corrected chi connectivity index (χ4v) is 5.64. The Bertz CT molecular complexity index is 3400. The van der Waals surface area contributed by atoms with Crippen LogP contribution in [0.2, 0.25) is 0 Å². The fraction of sp³-hybridized carbons (Fsp3) is 0. The predicted octanol–water partition coefficient (Wildman–Crippen LogP) is 11.3. The van der Waals surface area contributed by atoms with Crippen LogP contribution in [0, 0.1) is 0 Å². The van der Waals surface area contributed by atoms with Gasteiger partial charge in [-0.25, -0.2) is 15.0 Å². The van der Waals surface area contributed by atoms with Gasteiger partial charge in [-0.15, -0.1) is 0 Å². The summed E-state index contributed by atoms with van der Waals surface area (Å²) in [6, 6.07) is 10.6. The number of hydrogen-bond acceptors (Lipinski definition) is 3. The zero-order chi connectivity index (χ0) is 47.4. The number of aromatic nitrogens is 4. The molecule has 0 aliphatic heterocycles. The molecule has 0 bridgehead atoms. The van der Waals surface area contributed by atoms with Crippen molar-refractivity contribution in [3.63, 3.8) is 0 Å². The van der Waals surface area contributed by atoms with Crippen LogP contribution in [0.3, 0.4) is 0 Å². The number of benzene rings is 7. The van der Waals surface area contributed by atoms with E-state index in [4.69, 9.17) is 34.1 Å². The van der Waals surface area contributed by atoms with Crippen LogP contribution in [0.4, 0.5) is 0 Å². The van der Waals surface area contributed by atoms with Gasteiger partial charge < -0.3 is 4.57 Å². The first-order chi connectivity index (χ1) is 31.4. The van der Waals surface area contributed by atoms with Crippen LogP contribution in [-0.4, -0.2) is 19.5 Å². The summed E-state index contributed by atoms with van der Waals surface area (Å²) < 4.78 is 151. The second-order valence-electron chi connectivity index (χ2n) is 10.8. The quantitative estimate of drug-likeness (QED) is 0.181. The Labute approximate surface area is 308 Å². The summed E-state index contributed by atoms with van der Waals surface area (Å²) in [4.78, 5) is 14.5. The highest BCUT2D eigenvalue weighted by atomic mass is 15.1. The topological polar surface area (TPSA) is 43.6 Å². The molecule has 0 aliphatic rings. The normalized spacial score (nSPS) is 16.1. The Hall–Kier alpha value is -6.65. The summed E-state index contributed by atoms with van der Waals surface area (Å²) in [7, 11) is 0. The Morgan fingerprint density at radius 2 is 0.918 bits per heavy atom. The van der Waals surface area contributed by atoms with Gasteiger partial charge in [0.1, 0.15) is 0 Å². The molecule has 0 radical (unpaired) electrons. The Kier molecular flexibility index (Phi) is 3.97. The van der Waals surface area contributed by atoms with E-state index >= 15 is 0 Å². The summed E-state index contributed by atoms with van der Waals surface area (Å²) in [5.41, 5.74) is -0.735. The van der Waals surface area contributed by atoms with Crippen LogP contribution in [0.25, 0.3) is 83.9 Å². The van der Waals surface area contributed by atoms with Gasteiger partial charge in [-0.05, 0) is 52.5 Å². The molecule has 0 amide bonds. The lowest BCUT2D eigenvalue weighted by atomic mass is 9.97. The molecule has 0 aliphatic carbocycles. The second-order valence-corrected chi connectivity index (χ2v) is 10.8. The van der Waals surface area contributed by atoms with E-state index in [2.05, 4.69) is 0 Å². The summed E-state index contributed by atoms with van der Waals surface area (Å²) in [5, 5.41) is -0.467. The molecular formula is C45H30N4. The maximum atomic E-state index is 9.49. The van der Waals surface area contributed by atoms with Gasteiger partial charge in [0.15, 0.2) is 17.5 Å². The van der Waals surface area contributed by atoms with Gasteiger partial charge >= 0.3 is 0 Å².